The number of aryl methyl sites for hydroxylation is 2. The first kappa shape index (κ1) is 17.2. The Labute approximate surface area is 146 Å². The molecule has 1 aliphatic heterocycles. The van der Waals surface area contributed by atoms with E-state index in [-0.39, 0.29) is 18.9 Å². The molecule has 0 aliphatic carbocycles. The third-order valence-corrected chi connectivity index (χ3v) is 4.77. The van der Waals surface area contributed by atoms with Gasteiger partial charge in [0.15, 0.2) is 11.7 Å². The van der Waals surface area contributed by atoms with Crippen molar-refractivity contribution < 1.29 is 19.1 Å². The Morgan fingerprint density at radius 1 is 1.32 bits per heavy atom. The van der Waals surface area contributed by atoms with Crippen LogP contribution in [-0.2, 0) is 16.0 Å². The fourth-order valence-electron chi connectivity index (χ4n) is 3.14. The van der Waals surface area contributed by atoms with Gasteiger partial charge in [-0.3, -0.25) is 9.59 Å². The molecule has 132 valence electrons. The van der Waals surface area contributed by atoms with E-state index in [2.05, 4.69) is 4.98 Å². The maximum absolute atomic E-state index is 12.4. The summed E-state index contributed by atoms with van der Waals surface area (Å²) in [6, 6.07) is 9.73. The molecule has 1 unspecified atom stereocenters. The molecule has 6 nitrogen and oxygen atoms in total. The molecule has 1 saturated heterocycles. The highest BCUT2D eigenvalue weighted by Gasteiger charge is 2.41. The summed E-state index contributed by atoms with van der Waals surface area (Å²) in [7, 11) is 0. The number of carboxylic acids is 1. The molecule has 0 bridgehead atoms. The molecule has 0 spiro atoms. The summed E-state index contributed by atoms with van der Waals surface area (Å²) in [5, 5.41) is 9.26. The monoisotopic (exact) mass is 342 g/mol. The van der Waals surface area contributed by atoms with Crippen molar-refractivity contribution in [3.63, 3.8) is 0 Å². The van der Waals surface area contributed by atoms with Gasteiger partial charge in [0.1, 0.15) is 0 Å². The lowest BCUT2D eigenvalue weighted by atomic mass is 9.90. The van der Waals surface area contributed by atoms with E-state index in [1.54, 1.807) is 11.8 Å². The van der Waals surface area contributed by atoms with Crippen molar-refractivity contribution in [2.45, 2.75) is 33.1 Å². The number of likely N-dealkylation sites (tertiary alicyclic amines) is 1. The number of nitrogens with zero attached hydrogens (tertiary/aromatic N) is 2. The van der Waals surface area contributed by atoms with Crippen LogP contribution in [0.5, 0.6) is 0 Å². The molecular weight excluding hydrogens is 320 g/mol. The zero-order valence-corrected chi connectivity index (χ0v) is 14.5. The summed E-state index contributed by atoms with van der Waals surface area (Å²) in [5.74, 6) is 0.355. The van der Waals surface area contributed by atoms with E-state index >= 15 is 0 Å². The number of carboxylic acid groups (broad SMARTS) is 1. The fourth-order valence-corrected chi connectivity index (χ4v) is 3.14. The molecule has 1 aromatic heterocycles. The molecule has 1 atom stereocenters. The molecule has 3 rings (SSSR count). The van der Waals surface area contributed by atoms with Gasteiger partial charge in [-0.2, -0.15) is 0 Å². The summed E-state index contributed by atoms with van der Waals surface area (Å²) >= 11 is 0. The molecule has 1 fully saturated rings. The topological polar surface area (TPSA) is 83.6 Å². The van der Waals surface area contributed by atoms with Gasteiger partial charge in [0.05, 0.1) is 11.1 Å². The first-order valence-corrected chi connectivity index (χ1v) is 8.42. The standard InChI is InChI=1S/C19H22N2O4/c1-13-17(14-6-4-3-5-7-14)25-15(20-13)8-9-16(22)21-11-10-19(2,12-21)18(23)24/h3-7H,8-12H2,1-2H3,(H,23,24). The Balaban J connectivity index is 1.61. The van der Waals surface area contributed by atoms with E-state index in [9.17, 15) is 14.7 Å². The van der Waals surface area contributed by atoms with Crippen LogP contribution in [0.15, 0.2) is 34.7 Å². The van der Waals surface area contributed by atoms with Gasteiger partial charge < -0.3 is 14.4 Å². The SMILES string of the molecule is Cc1nc(CCC(=O)N2CCC(C)(C(=O)O)C2)oc1-c1ccccc1. The zero-order valence-electron chi connectivity index (χ0n) is 14.5. The smallest absolute Gasteiger partial charge is 0.311 e. The van der Waals surface area contributed by atoms with Gasteiger partial charge in [-0.25, -0.2) is 4.98 Å². The molecule has 1 amide bonds. The minimum absolute atomic E-state index is 0.0536. The Morgan fingerprint density at radius 3 is 2.68 bits per heavy atom. The normalized spacial score (nSPS) is 20.0. The average Bonchev–Trinajstić information content (AvgIpc) is 3.18. The number of hydrogen-bond acceptors (Lipinski definition) is 4. The lowest BCUT2D eigenvalue weighted by Gasteiger charge is -2.19. The van der Waals surface area contributed by atoms with Crippen molar-refractivity contribution in [1.29, 1.82) is 0 Å². The van der Waals surface area contributed by atoms with Gasteiger partial charge in [0.25, 0.3) is 0 Å². The van der Waals surface area contributed by atoms with Crippen LogP contribution in [0.1, 0.15) is 31.4 Å². The second-order valence-electron chi connectivity index (χ2n) is 6.82. The maximum atomic E-state index is 12.4. The predicted molar refractivity (Wildman–Crippen MR) is 91.9 cm³/mol. The largest absolute Gasteiger partial charge is 0.481 e. The molecule has 1 aliphatic rings. The Morgan fingerprint density at radius 2 is 2.04 bits per heavy atom. The first-order chi connectivity index (χ1) is 11.9. The van der Waals surface area contributed by atoms with Crippen molar-refractivity contribution >= 4 is 11.9 Å². The van der Waals surface area contributed by atoms with Crippen molar-refractivity contribution in [1.82, 2.24) is 9.88 Å². The van der Waals surface area contributed by atoms with Crippen LogP contribution >= 0.6 is 0 Å². The molecule has 0 saturated carbocycles. The third kappa shape index (κ3) is 3.57. The van der Waals surface area contributed by atoms with Crippen LogP contribution in [0.3, 0.4) is 0 Å². The number of benzene rings is 1. The van der Waals surface area contributed by atoms with E-state index in [1.807, 2.05) is 37.3 Å². The van der Waals surface area contributed by atoms with Crippen LogP contribution in [0.4, 0.5) is 0 Å². The minimum Gasteiger partial charge on any atom is -0.481 e. The molecule has 0 radical (unpaired) electrons. The van der Waals surface area contributed by atoms with E-state index in [0.717, 1.165) is 17.0 Å². The average molecular weight is 342 g/mol. The van der Waals surface area contributed by atoms with E-state index in [4.69, 9.17) is 4.42 Å². The van der Waals surface area contributed by atoms with Crippen LogP contribution in [0.2, 0.25) is 0 Å². The summed E-state index contributed by atoms with van der Waals surface area (Å²) < 4.78 is 5.82. The number of rotatable bonds is 5. The number of aliphatic carboxylic acids is 1. The minimum atomic E-state index is -0.848. The highest BCUT2D eigenvalue weighted by molar-refractivity contribution is 5.80. The van der Waals surface area contributed by atoms with Gasteiger partial charge in [0.2, 0.25) is 5.91 Å². The van der Waals surface area contributed by atoms with Gasteiger partial charge in [-0.15, -0.1) is 0 Å². The molecule has 2 aromatic rings. The zero-order chi connectivity index (χ0) is 18.0. The van der Waals surface area contributed by atoms with Crippen molar-refractivity contribution in [2.75, 3.05) is 13.1 Å². The van der Waals surface area contributed by atoms with Crippen LogP contribution in [0.25, 0.3) is 11.3 Å². The predicted octanol–water partition coefficient (Wildman–Crippen LogP) is 2.91. The van der Waals surface area contributed by atoms with Crippen LogP contribution in [-0.4, -0.2) is 40.0 Å². The number of oxazole rings is 1. The second-order valence-corrected chi connectivity index (χ2v) is 6.82. The van der Waals surface area contributed by atoms with E-state index in [1.165, 1.54) is 0 Å². The van der Waals surface area contributed by atoms with Crippen LogP contribution in [0, 0.1) is 12.3 Å². The number of carbonyl (C=O) groups excluding carboxylic acids is 1. The molecule has 1 aromatic carbocycles. The maximum Gasteiger partial charge on any atom is 0.311 e. The van der Waals surface area contributed by atoms with Crippen molar-refractivity contribution in [3.8, 4) is 11.3 Å². The molecule has 1 N–H and O–H groups in total. The Bertz CT molecular complexity index is 784. The summed E-state index contributed by atoms with van der Waals surface area (Å²) in [6.07, 6.45) is 1.17. The quantitative estimate of drug-likeness (QED) is 0.903. The number of hydrogen-bond donors (Lipinski definition) is 1. The van der Waals surface area contributed by atoms with Gasteiger partial charge in [-0.05, 0) is 20.3 Å². The Hall–Kier alpha value is -2.63. The second kappa shape index (κ2) is 6.70. The molecule has 25 heavy (non-hydrogen) atoms. The first-order valence-electron chi connectivity index (χ1n) is 8.42. The number of aromatic nitrogens is 1. The van der Waals surface area contributed by atoms with Gasteiger partial charge >= 0.3 is 5.97 Å². The summed E-state index contributed by atoms with van der Waals surface area (Å²) in [6.45, 7) is 4.32. The highest BCUT2D eigenvalue weighted by atomic mass is 16.4. The van der Waals surface area contributed by atoms with Gasteiger partial charge in [-0.1, -0.05) is 30.3 Å². The van der Waals surface area contributed by atoms with E-state index < -0.39 is 11.4 Å². The lowest BCUT2D eigenvalue weighted by Crippen LogP contribution is -2.34. The lowest BCUT2D eigenvalue weighted by molar-refractivity contribution is -0.147. The van der Waals surface area contributed by atoms with Crippen molar-refractivity contribution in [3.05, 3.63) is 41.9 Å². The summed E-state index contributed by atoms with van der Waals surface area (Å²) in [5.41, 5.74) is 0.922. The highest BCUT2D eigenvalue weighted by Crippen LogP contribution is 2.31. The molecular formula is C19H22N2O4. The molecule has 2 heterocycles. The number of carbonyl (C=O) groups is 2. The van der Waals surface area contributed by atoms with Crippen molar-refractivity contribution in [2.24, 2.45) is 5.41 Å². The van der Waals surface area contributed by atoms with E-state index in [0.29, 0.717) is 25.3 Å². The summed E-state index contributed by atoms with van der Waals surface area (Å²) in [4.78, 5) is 29.7. The molecule has 6 heteroatoms. The van der Waals surface area contributed by atoms with Gasteiger partial charge in [0, 0.05) is 31.5 Å². The number of amides is 1. The third-order valence-electron chi connectivity index (χ3n) is 4.77. The van der Waals surface area contributed by atoms with Crippen LogP contribution < -0.4 is 0 Å². The Kier molecular flexibility index (Phi) is 4.61. The fraction of sp³-hybridized carbons (Fsp3) is 0.421.